The molecular weight excluding hydrogens is 456 g/mol. The summed E-state index contributed by atoms with van der Waals surface area (Å²) in [6.45, 7) is 3.43. The summed E-state index contributed by atoms with van der Waals surface area (Å²) in [6.07, 6.45) is 2.51. The van der Waals surface area contributed by atoms with E-state index < -0.39 is 10.0 Å². The lowest BCUT2D eigenvalue weighted by molar-refractivity contribution is -0.126. The molecule has 0 spiro atoms. The van der Waals surface area contributed by atoms with Crippen molar-refractivity contribution in [3.63, 3.8) is 0 Å². The number of piperidine rings is 1. The second kappa shape index (κ2) is 10.8. The van der Waals surface area contributed by atoms with E-state index in [1.54, 1.807) is 54.8 Å². The van der Waals surface area contributed by atoms with E-state index in [9.17, 15) is 13.2 Å². The van der Waals surface area contributed by atoms with Crippen LogP contribution in [-0.2, 0) is 21.4 Å². The molecular formula is C25H28N2O6S. The molecule has 2 heterocycles. The summed E-state index contributed by atoms with van der Waals surface area (Å²) in [5.74, 6) is 2.32. The Hall–Kier alpha value is -3.30. The first-order valence-electron chi connectivity index (χ1n) is 11.3. The fourth-order valence-electron chi connectivity index (χ4n) is 3.83. The minimum Gasteiger partial charge on any atom is -0.494 e. The van der Waals surface area contributed by atoms with Crippen molar-refractivity contribution in [3.8, 4) is 17.2 Å². The van der Waals surface area contributed by atoms with Gasteiger partial charge >= 0.3 is 0 Å². The molecule has 1 aromatic heterocycles. The fourth-order valence-corrected chi connectivity index (χ4v) is 5.30. The van der Waals surface area contributed by atoms with Gasteiger partial charge in [-0.2, -0.15) is 4.31 Å². The van der Waals surface area contributed by atoms with E-state index in [2.05, 4.69) is 5.32 Å². The van der Waals surface area contributed by atoms with Crippen molar-refractivity contribution in [1.29, 1.82) is 0 Å². The Morgan fingerprint density at radius 3 is 2.21 bits per heavy atom. The number of ether oxygens (including phenoxy) is 2. The molecule has 1 N–H and O–H groups in total. The number of benzene rings is 2. The second-order valence-corrected chi connectivity index (χ2v) is 9.89. The van der Waals surface area contributed by atoms with Crippen LogP contribution in [0.3, 0.4) is 0 Å². The van der Waals surface area contributed by atoms with Gasteiger partial charge in [-0.3, -0.25) is 4.79 Å². The number of carbonyl (C=O) groups excluding carboxylic acids is 1. The first-order valence-corrected chi connectivity index (χ1v) is 12.7. The molecule has 3 aromatic rings. The molecule has 1 saturated heterocycles. The minimum atomic E-state index is -3.65. The van der Waals surface area contributed by atoms with Crippen molar-refractivity contribution in [2.45, 2.75) is 31.2 Å². The molecule has 0 bridgehead atoms. The van der Waals surface area contributed by atoms with Crippen LogP contribution in [0.5, 0.6) is 17.2 Å². The first kappa shape index (κ1) is 23.8. The van der Waals surface area contributed by atoms with E-state index in [1.807, 2.05) is 19.1 Å². The third-order valence-electron chi connectivity index (χ3n) is 5.67. The lowest BCUT2D eigenvalue weighted by Gasteiger charge is -2.30. The molecule has 0 aliphatic carbocycles. The van der Waals surface area contributed by atoms with Gasteiger partial charge in [0.25, 0.3) is 0 Å². The monoisotopic (exact) mass is 484 g/mol. The molecule has 1 aliphatic rings. The van der Waals surface area contributed by atoms with Crippen LogP contribution in [-0.4, -0.2) is 38.3 Å². The summed E-state index contributed by atoms with van der Waals surface area (Å²) < 4.78 is 44.0. The number of nitrogens with zero attached hydrogens (tertiary/aromatic N) is 1. The van der Waals surface area contributed by atoms with Crippen molar-refractivity contribution >= 4 is 15.9 Å². The highest BCUT2D eigenvalue weighted by Crippen LogP contribution is 2.28. The highest BCUT2D eigenvalue weighted by atomic mass is 32.2. The number of amides is 1. The molecule has 34 heavy (non-hydrogen) atoms. The third kappa shape index (κ3) is 5.78. The lowest BCUT2D eigenvalue weighted by atomic mass is 9.97. The molecule has 0 unspecified atom stereocenters. The van der Waals surface area contributed by atoms with Crippen molar-refractivity contribution in [2.75, 3.05) is 19.7 Å². The highest BCUT2D eigenvalue weighted by Gasteiger charge is 2.32. The lowest BCUT2D eigenvalue weighted by Crippen LogP contribution is -2.42. The van der Waals surface area contributed by atoms with Gasteiger partial charge in [-0.25, -0.2) is 8.42 Å². The summed E-state index contributed by atoms with van der Waals surface area (Å²) in [5, 5.41) is 2.85. The molecule has 4 rings (SSSR count). The Bertz CT molecular complexity index is 1170. The van der Waals surface area contributed by atoms with Crippen LogP contribution < -0.4 is 14.8 Å². The maximum Gasteiger partial charge on any atom is 0.243 e. The topological polar surface area (TPSA) is 98.1 Å². The van der Waals surface area contributed by atoms with Gasteiger partial charge < -0.3 is 19.2 Å². The maximum atomic E-state index is 13.1. The van der Waals surface area contributed by atoms with Crippen molar-refractivity contribution in [1.82, 2.24) is 9.62 Å². The Kier molecular flexibility index (Phi) is 7.54. The number of sulfonamides is 1. The molecule has 9 heteroatoms. The Morgan fingerprint density at radius 2 is 1.62 bits per heavy atom. The molecule has 1 aliphatic heterocycles. The van der Waals surface area contributed by atoms with Crippen LogP contribution >= 0.6 is 0 Å². The van der Waals surface area contributed by atoms with Crippen molar-refractivity contribution in [2.24, 2.45) is 5.92 Å². The van der Waals surface area contributed by atoms with Crippen molar-refractivity contribution < 1.29 is 27.1 Å². The van der Waals surface area contributed by atoms with Crippen LogP contribution in [0.15, 0.2) is 76.2 Å². The van der Waals surface area contributed by atoms with Crippen LogP contribution in [0.2, 0.25) is 0 Å². The number of furan rings is 1. The number of hydrogen-bond acceptors (Lipinski definition) is 6. The van der Waals surface area contributed by atoms with E-state index >= 15 is 0 Å². The van der Waals surface area contributed by atoms with Gasteiger partial charge in [0.2, 0.25) is 15.9 Å². The molecule has 0 saturated carbocycles. The van der Waals surface area contributed by atoms with Gasteiger partial charge in [0.1, 0.15) is 23.0 Å². The summed E-state index contributed by atoms with van der Waals surface area (Å²) in [7, 11) is -3.65. The van der Waals surface area contributed by atoms with E-state index in [4.69, 9.17) is 13.9 Å². The Labute approximate surface area is 199 Å². The summed E-state index contributed by atoms with van der Waals surface area (Å²) in [6, 6.07) is 17.2. The Morgan fingerprint density at radius 1 is 1.00 bits per heavy atom. The normalized spacial score (nSPS) is 15.1. The number of hydrogen-bond donors (Lipinski definition) is 1. The number of nitrogens with one attached hydrogen (secondary N) is 1. The van der Waals surface area contributed by atoms with Crippen LogP contribution in [0, 0.1) is 5.92 Å². The van der Waals surface area contributed by atoms with Crippen LogP contribution in [0.4, 0.5) is 0 Å². The smallest absolute Gasteiger partial charge is 0.243 e. The van der Waals surface area contributed by atoms with E-state index in [1.165, 1.54) is 4.31 Å². The van der Waals surface area contributed by atoms with E-state index in [0.717, 1.165) is 5.75 Å². The van der Waals surface area contributed by atoms with Gasteiger partial charge in [-0.1, -0.05) is 0 Å². The highest BCUT2D eigenvalue weighted by molar-refractivity contribution is 7.89. The van der Waals surface area contributed by atoms with Gasteiger partial charge in [0.05, 0.1) is 24.3 Å². The zero-order valence-electron chi connectivity index (χ0n) is 19.0. The number of rotatable bonds is 9. The predicted octanol–water partition coefficient (Wildman–Crippen LogP) is 4.19. The molecule has 0 radical (unpaired) electrons. The standard InChI is InChI=1S/C25H28N2O6S/c1-2-31-20-5-7-21(8-6-20)33-22-9-11-24(12-10-22)34(29,30)27-15-13-19(14-16-27)25(28)26-18-23-4-3-17-32-23/h3-12,17,19H,2,13-16,18H2,1H3,(H,26,28). The molecule has 1 amide bonds. The summed E-state index contributed by atoms with van der Waals surface area (Å²) >= 11 is 0. The van der Waals surface area contributed by atoms with Gasteiger partial charge in [0.15, 0.2) is 0 Å². The second-order valence-electron chi connectivity index (χ2n) is 7.95. The van der Waals surface area contributed by atoms with Crippen LogP contribution in [0.1, 0.15) is 25.5 Å². The van der Waals surface area contributed by atoms with Crippen LogP contribution in [0.25, 0.3) is 0 Å². The Balaban J connectivity index is 1.31. The van der Waals surface area contributed by atoms with Crippen molar-refractivity contribution in [3.05, 3.63) is 72.7 Å². The van der Waals surface area contributed by atoms with Gasteiger partial charge in [-0.15, -0.1) is 0 Å². The quantitative estimate of drug-likeness (QED) is 0.489. The predicted molar refractivity (Wildman–Crippen MR) is 126 cm³/mol. The fraction of sp³-hybridized carbons (Fsp3) is 0.320. The minimum absolute atomic E-state index is 0.0794. The molecule has 2 aromatic carbocycles. The molecule has 180 valence electrons. The van der Waals surface area contributed by atoms with E-state index in [0.29, 0.717) is 56.3 Å². The average Bonchev–Trinajstić information content (AvgIpc) is 3.38. The number of carbonyl (C=O) groups is 1. The largest absolute Gasteiger partial charge is 0.494 e. The summed E-state index contributed by atoms with van der Waals surface area (Å²) in [4.78, 5) is 12.6. The summed E-state index contributed by atoms with van der Waals surface area (Å²) in [5.41, 5.74) is 0. The molecule has 8 nitrogen and oxygen atoms in total. The average molecular weight is 485 g/mol. The molecule has 0 atom stereocenters. The van der Waals surface area contributed by atoms with Gasteiger partial charge in [-0.05, 0) is 80.4 Å². The third-order valence-corrected chi connectivity index (χ3v) is 7.59. The molecule has 1 fully saturated rings. The maximum absolute atomic E-state index is 13.1. The van der Waals surface area contributed by atoms with E-state index in [-0.39, 0.29) is 16.7 Å². The first-order chi connectivity index (χ1) is 16.5. The zero-order chi connectivity index (χ0) is 24.0. The zero-order valence-corrected chi connectivity index (χ0v) is 19.8. The van der Waals surface area contributed by atoms with Gasteiger partial charge in [0, 0.05) is 19.0 Å². The SMILES string of the molecule is CCOc1ccc(Oc2ccc(S(=O)(=O)N3CCC(C(=O)NCc4ccco4)CC3)cc2)cc1.